The van der Waals surface area contributed by atoms with Crippen LogP contribution >= 0.6 is 27.5 Å². The Morgan fingerprint density at radius 3 is 2.71 bits per heavy atom. The second-order valence-electron chi connectivity index (χ2n) is 5.46. The maximum atomic E-state index is 13.1. The Labute approximate surface area is 154 Å². The summed E-state index contributed by atoms with van der Waals surface area (Å²) in [4.78, 5) is 11.9. The van der Waals surface area contributed by atoms with Gasteiger partial charge in [0.25, 0.3) is 5.91 Å². The summed E-state index contributed by atoms with van der Waals surface area (Å²) in [6, 6.07) is 9.82. The summed E-state index contributed by atoms with van der Waals surface area (Å²) < 4.78 is 19.4. The first-order chi connectivity index (χ1) is 11.4. The largest absolute Gasteiger partial charge is 0.483 e. The molecule has 0 bridgehead atoms. The molecule has 0 spiro atoms. The Morgan fingerprint density at radius 1 is 1.33 bits per heavy atom. The van der Waals surface area contributed by atoms with Crippen molar-refractivity contribution in [3.8, 4) is 5.75 Å². The number of carbonyl (C=O) groups excluding carboxylic acids is 1. The van der Waals surface area contributed by atoms with E-state index in [2.05, 4.69) is 35.1 Å². The van der Waals surface area contributed by atoms with E-state index in [4.69, 9.17) is 16.3 Å². The minimum atomic E-state index is -0.531. The van der Waals surface area contributed by atoms with Gasteiger partial charge in [0.1, 0.15) is 11.6 Å². The highest BCUT2D eigenvalue weighted by Gasteiger charge is 2.10. The van der Waals surface area contributed by atoms with Gasteiger partial charge in [-0.3, -0.25) is 4.79 Å². The van der Waals surface area contributed by atoms with Gasteiger partial charge in [-0.2, -0.15) is 0 Å². The number of halogens is 3. The van der Waals surface area contributed by atoms with Crippen LogP contribution in [0.15, 0.2) is 40.9 Å². The molecule has 0 aliphatic heterocycles. The number of rotatable bonds is 6. The first kappa shape index (κ1) is 18.7. The van der Waals surface area contributed by atoms with Crippen LogP contribution in [0.1, 0.15) is 31.7 Å². The lowest BCUT2D eigenvalue weighted by Crippen LogP contribution is -2.20. The summed E-state index contributed by atoms with van der Waals surface area (Å²) in [6.45, 7) is 4.13. The zero-order valence-electron chi connectivity index (χ0n) is 13.4. The van der Waals surface area contributed by atoms with Crippen LogP contribution in [0.2, 0.25) is 5.02 Å². The van der Waals surface area contributed by atoms with Crippen molar-refractivity contribution in [2.75, 3.05) is 11.9 Å². The lowest BCUT2D eigenvalue weighted by molar-refractivity contribution is -0.118. The van der Waals surface area contributed by atoms with Crippen molar-refractivity contribution in [3.63, 3.8) is 0 Å². The summed E-state index contributed by atoms with van der Waals surface area (Å²) in [5.74, 6) is 0.169. The van der Waals surface area contributed by atoms with Crippen molar-refractivity contribution in [3.05, 3.63) is 57.3 Å². The fourth-order valence-electron chi connectivity index (χ4n) is 2.09. The molecular weight excluding hydrogens is 397 g/mol. The van der Waals surface area contributed by atoms with Crippen LogP contribution in [-0.2, 0) is 4.79 Å². The van der Waals surface area contributed by atoms with Crippen molar-refractivity contribution < 1.29 is 13.9 Å². The predicted octanol–water partition coefficient (Wildman–Crippen LogP) is 5.77. The SMILES string of the molecule is CCC(C)c1ccc(OCC(=O)Nc2ccc(F)c(Cl)c2)c(Br)c1. The third-order valence-electron chi connectivity index (χ3n) is 3.70. The second kappa shape index (κ2) is 8.49. The highest BCUT2D eigenvalue weighted by molar-refractivity contribution is 9.10. The zero-order valence-corrected chi connectivity index (χ0v) is 15.7. The lowest BCUT2D eigenvalue weighted by Gasteiger charge is -2.13. The number of hydrogen-bond donors (Lipinski definition) is 1. The van der Waals surface area contributed by atoms with Crippen molar-refractivity contribution >= 4 is 39.1 Å². The van der Waals surface area contributed by atoms with Crippen LogP contribution < -0.4 is 10.1 Å². The summed E-state index contributed by atoms with van der Waals surface area (Å²) in [6.07, 6.45) is 1.05. The molecule has 1 amide bonds. The molecule has 1 unspecified atom stereocenters. The minimum absolute atomic E-state index is 0.0444. The molecule has 24 heavy (non-hydrogen) atoms. The molecule has 0 heterocycles. The molecular formula is C18H18BrClFNO2. The minimum Gasteiger partial charge on any atom is -0.483 e. The topological polar surface area (TPSA) is 38.3 Å². The monoisotopic (exact) mass is 413 g/mol. The fourth-order valence-corrected chi connectivity index (χ4v) is 2.78. The fraction of sp³-hybridized carbons (Fsp3) is 0.278. The predicted molar refractivity (Wildman–Crippen MR) is 98.4 cm³/mol. The Hall–Kier alpha value is -1.59. The van der Waals surface area contributed by atoms with Crippen LogP contribution in [0.25, 0.3) is 0 Å². The average molecular weight is 415 g/mol. The van der Waals surface area contributed by atoms with E-state index in [1.54, 1.807) is 0 Å². The van der Waals surface area contributed by atoms with Crippen LogP contribution in [0.5, 0.6) is 5.75 Å². The normalized spacial score (nSPS) is 11.9. The van der Waals surface area contributed by atoms with E-state index in [1.165, 1.54) is 23.8 Å². The quantitative estimate of drug-likeness (QED) is 0.651. The van der Waals surface area contributed by atoms with Gasteiger partial charge in [0.15, 0.2) is 6.61 Å². The molecule has 2 rings (SSSR count). The molecule has 0 saturated heterocycles. The zero-order chi connectivity index (χ0) is 17.7. The third kappa shape index (κ3) is 4.95. The number of amides is 1. The van der Waals surface area contributed by atoms with E-state index < -0.39 is 5.82 Å². The van der Waals surface area contributed by atoms with E-state index >= 15 is 0 Å². The Morgan fingerprint density at radius 2 is 2.08 bits per heavy atom. The molecule has 128 valence electrons. The van der Waals surface area contributed by atoms with E-state index in [0.29, 0.717) is 17.4 Å². The molecule has 3 nitrogen and oxygen atoms in total. The summed E-state index contributed by atoms with van der Waals surface area (Å²) in [5, 5.41) is 2.56. The molecule has 1 atom stereocenters. The van der Waals surface area contributed by atoms with Gasteiger partial charge in [0.05, 0.1) is 9.50 Å². The average Bonchev–Trinajstić information content (AvgIpc) is 2.56. The highest BCUT2D eigenvalue weighted by Crippen LogP contribution is 2.30. The number of ether oxygens (including phenoxy) is 1. The molecule has 6 heteroatoms. The van der Waals surface area contributed by atoms with Gasteiger partial charge in [-0.1, -0.05) is 31.5 Å². The van der Waals surface area contributed by atoms with Gasteiger partial charge in [-0.05, 0) is 64.2 Å². The van der Waals surface area contributed by atoms with Crippen LogP contribution in [-0.4, -0.2) is 12.5 Å². The Bertz CT molecular complexity index is 739. The molecule has 0 aliphatic rings. The first-order valence-electron chi connectivity index (χ1n) is 7.57. The van der Waals surface area contributed by atoms with Crippen molar-refractivity contribution in [1.82, 2.24) is 0 Å². The van der Waals surface area contributed by atoms with E-state index in [0.717, 1.165) is 10.9 Å². The van der Waals surface area contributed by atoms with Crippen LogP contribution in [0.4, 0.5) is 10.1 Å². The van der Waals surface area contributed by atoms with Gasteiger partial charge >= 0.3 is 0 Å². The molecule has 2 aromatic carbocycles. The van der Waals surface area contributed by atoms with E-state index in [-0.39, 0.29) is 17.5 Å². The molecule has 1 N–H and O–H groups in total. The molecule has 0 aliphatic carbocycles. The first-order valence-corrected chi connectivity index (χ1v) is 8.75. The third-order valence-corrected chi connectivity index (χ3v) is 4.61. The summed E-state index contributed by atoms with van der Waals surface area (Å²) in [7, 11) is 0. The highest BCUT2D eigenvalue weighted by atomic mass is 79.9. The van der Waals surface area contributed by atoms with E-state index in [1.807, 2.05) is 18.2 Å². The second-order valence-corrected chi connectivity index (χ2v) is 6.73. The van der Waals surface area contributed by atoms with Gasteiger partial charge in [-0.15, -0.1) is 0 Å². The maximum absolute atomic E-state index is 13.1. The number of nitrogens with one attached hydrogen (secondary N) is 1. The van der Waals surface area contributed by atoms with Crippen LogP contribution in [0, 0.1) is 5.82 Å². The smallest absolute Gasteiger partial charge is 0.262 e. The number of hydrogen-bond acceptors (Lipinski definition) is 2. The van der Waals surface area contributed by atoms with Crippen molar-refractivity contribution in [2.24, 2.45) is 0 Å². The van der Waals surface area contributed by atoms with Gasteiger partial charge in [-0.25, -0.2) is 4.39 Å². The molecule has 0 aromatic heterocycles. The maximum Gasteiger partial charge on any atom is 0.262 e. The summed E-state index contributed by atoms with van der Waals surface area (Å²) >= 11 is 9.14. The number of anilines is 1. The standard InChI is InChI=1S/C18H18BrClFNO2/c1-3-11(2)12-4-7-17(14(19)8-12)24-10-18(23)22-13-5-6-16(21)15(20)9-13/h4-9,11H,3,10H2,1-2H3,(H,22,23). The van der Waals surface area contributed by atoms with Crippen molar-refractivity contribution in [2.45, 2.75) is 26.2 Å². The van der Waals surface area contributed by atoms with Crippen molar-refractivity contribution in [1.29, 1.82) is 0 Å². The summed E-state index contributed by atoms with van der Waals surface area (Å²) in [5.41, 5.74) is 1.63. The molecule has 0 saturated carbocycles. The van der Waals surface area contributed by atoms with Gasteiger partial charge in [0, 0.05) is 5.69 Å². The number of carbonyl (C=O) groups is 1. The Balaban J connectivity index is 1.95. The van der Waals surface area contributed by atoms with Gasteiger partial charge in [0.2, 0.25) is 0 Å². The molecule has 2 aromatic rings. The lowest BCUT2D eigenvalue weighted by atomic mass is 9.99. The molecule has 0 fully saturated rings. The Kier molecular flexibility index (Phi) is 6.63. The molecule has 0 radical (unpaired) electrons. The van der Waals surface area contributed by atoms with Gasteiger partial charge < -0.3 is 10.1 Å². The number of benzene rings is 2. The van der Waals surface area contributed by atoms with Crippen LogP contribution in [0.3, 0.4) is 0 Å². The van der Waals surface area contributed by atoms with E-state index in [9.17, 15) is 9.18 Å².